The van der Waals surface area contributed by atoms with Gasteiger partial charge in [-0.1, -0.05) is 29.8 Å². The van der Waals surface area contributed by atoms with Crippen LogP contribution in [0.1, 0.15) is 25.6 Å². The van der Waals surface area contributed by atoms with E-state index in [4.69, 9.17) is 0 Å². The number of hydrogen-bond donors (Lipinski definition) is 1. The third kappa shape index (κ3) is 3.78. The van der Waals surface area contributed by atoms with E-state index in [1.165, 1.54) is 24.0 Å². The number of nitrogens with one attached hydrogen (secondary N) is 1. The van der Waals surface area contributed by atoms with Crippen LogP contribution in [-0.2, 0) is 4.74 Å². The van der Waals surface area contributed by atoms with Gasteiger partial charge in [0.2, 0.25) is 0 Å². The molecule has 0 atom stereocenters. The summed E-state index contributed by atoms with van der Waals surface area (Å²) in [5.74, 6) is -0.575. The minimum absolute atomic E-state index is 0.170. The lowest BCUT2D eigenvalue weighted by atomic mass is 10.0. The average molecular weight is 351 g/mol. The van der Waals surface area contributed by atoms with E-state index in [1.807, 2.05) is 42.6 Å². The summed E-state index contributed by atoms with van der Waals surface area (Å²) in [5, 5.41) is 4.78. The topological polar surface area (TPSA) is 55.4 Å². The molecule has 1 N–H and O–H groups in total. The van der Waals surface area contributed by atoms with Gasteiger partial charge in [0.25, 0.3) is 5.91 Å². The first-order chi connectivity index (χ1) is 12.1. The van der Waals surface area contributed by atoms with Gasteiger partial charge in [-0.25, -0.2) is 4.79 Å². The molecule has 1 aromatic heterocycles. The van der Waals surface area contributed by atoms with Gasteiger partial charge in [-0.15, -0.1) is 11.3 Å². The first-order valence-electron chi connectivity index (χ1n) is 7.73. The first-order valence-corrected chi connectivity index (χ1v) is 8.60. The SMILES string of the molecule is COC(=O)c1ccc(NC(=O)c2sccc2-c2ccc(C)cc2)cc1. The predicted molar refractivity (Wildman–Crippen MR) is 100 cm³/mol. The number of amides is 1. The molecule has 0 saturated carbocycles. The van der Waals surface area contributed by atoms with Gasteiger partial charge in [-0.2, -0.15) is 0 Å². The number of carbonyl (C=O) groups excluding carboxylic acids is 2. The van der Waals surface area contributed by atoms with Crippen molar-refractivity contribution in [3.63, 3.8) is 0 Å². The molecule has 0 aliphatic rings. The predicted octanol–water partition coefficient (Wildman–Crippen LogP) is 4.76. The molecule has 0 saturated heterocycles. The Labute approximate surface area is 150 Å². The van der Waals surface area contributed by atoms with Crippen LogP contribution in [0.5, 0.6) is 0 Å². The molecule has 0 spiro atoms. The highest BCUT2D eigenvalue weighted by molar-refractivity contribution is 7.12. The molecule has 126 valence electrons. The molecule has 3 aromatic rings. The van der Waals surface area contributed by atoms with Crippen LogP contribution < -0.4 is 5.32 Å². The van der Waals surface area contributed by atoms with E-state index >= 15 is 0 Å². The Hall–Kier alpha value is -2.92. The Bertz CT molecular complexity index is 895. The zero-order valence-corrected chi connectivity index (χ0v) is 14.7. The van der Waals surface area contributed by atoms with Gasteiger partial charge >= 0.3 is 5.97 Å². The summed E-state index contributed by atoms with van der Waals surface area (Å²) in [6, 6.07) is 16.6. The van der Waals surface area contributed by atoms with Crippen LogP contribution in [0.3, 0.4) is 0 Å². The Morgan fingerprint density at radius 3 is 2.28 bits per heavy atom. The van der Waals surface area contributed by atoms with Gasteiger partial charge in [0.15, 0.2) is 0 Å². The van der Waals surface area contributed by atoms with E-state index in [1.54, 1.807) is 24.3 Å². The zero-order valence-electron chi connectivity index (χ0n) is 13.9. The van der Waals surface area contributed by atoms with Gasteiger partial charge < -0.3 is 10.1 Å². The Morgan fingerprint density at radius 2 is 1.64 bits per heavy atom. The molecule has 2 aromatic carbocycles. The minimum Gasteiger partial charge on any atom is -0.465 e. The highest BCUT2D eigenvalue weighted by atomic mass is 32.1. The molecular weight excluding hydrogens is 334 g/mol. The van der Waals surface area contributed by atoms with E-state index in [-0.39, 0.29) is 5.91 Å². The summed E-state index contributed by atoms with van der Waals surface area (Å²) in [7, 11) is 1.33. The van der Waals surface area contributed by atoms with Crippen molar-refractivity contribution in [2.24, 2.45) is 0 Å². The van der Waals surface area contributed by atoms with E-state index in [0.29, 0.717) is 16.1 Å². The van der Waals surface area contributed by atoms with Crippen molar-refractivity contribution >= 4 is 28.9 Å². The Kier molecular flexibility index (Phi) is 4.95. The number of carbonyl (C=O) groups is 2. The second-order valence-corrected chi connectivity index (χ2v) is 6.47. The lowest BCUT2D eigenvalue weighted by Gasteiger charge is -2.07. The molecule has 25 heavy (non-hydrogen) atoms. The second-order valence-electron chi connectivity index (χ2n) is 5.55. The third-order valence-electron chi connectivity index (χ3n) is 3.80. The molecule has 5 heteroatoms. The second kappa shape index (κ2) is 7.32. The fraction of sp³-hybridized carbons (Fsp3) is 0.100. The third-order valence-corrected chi connectivity index (χ3v) is 4.71. The summed E-state index contributed by atoms with van der Waals surface area (Å²) >= 11 is 1.40. The van der Waals surface area contributed by atoms with E-state index in [0.717, 1.165) is 11.1 Å². The summed E-state index contributed by atoms with van der Waals surface area (Å²) in [6.07, 6.45) is 0. The maximum absolute atomic E-state index is 12.6. The Morgan fingerprint density at radius 1 is 0.960 bits per heavy atom. The fourth-order valence-electron chi connectivity index (χ4n) is 2.44. The van der Waals surface area contributed by atoms with E-state index < -0.39 is 5.97 Å². The van der Waals surface area contributed by atoms with Crippen molar-refractivity contribution in [3.8, 4) is 11.1 Å². The number of rotatable bonds is 4. The highest BCUT2D eigenvalue weighted by Crippen LogP contribution is 2.29. The van der Waals surface area contributed by atoms with Crippen molar-refractivity contribution in [1.29, 1.82) is 0 Å². The van der Waals surface area contributed by atoms with Crippen molar-refractivity contribution < 1.29 is 14.3 Å². The van der Waals surface area contributed by atoms with E-state index in [2.05, 4.69) is 10.1 Å². The average Bonchev–Trinajstić information content (AvgIpc) is 3.12. The van der Waals surface area contributed by atoms with Crippen LogP contribution >= 0.6 is 11.3 Å². The monoisotopic (exact) mass is 351 g/mol. The fourth-order valence-corrected chi connectivity index (χ4v) is 3.25. The lowest BCUT2D eigenvalue weighted by Crippen LogP contribution is -2.11. The van der Waals surface area contributed by atoms with Gasteiger partial charge in [-0.05, 0) is 48.2 Å². The normalized spacial score (nSPS) is 10.3. The van der Waals surface area contributed by atoms with Gasteiger partial charge in [0, 0.05) is 11.3 Å². The number of anilines is 1. The molecule has 0 radical (unpaired) electrons. The molecule has 1 amide bonds. The quantitative estimate of drug-likeness (QED) is 0.689. The zero-order chi connectivity index (χ0) is 17.8. The number of benzene rings is 2. The molecule has 4 nitrogen and oxygen atoms in total. The smallest absolute Gasteiger partial charge is 0.337 e. The van der Waals surface area contributed by atoms with E-state index in [9.17, 15) is 9.59 Å². The van der Waals surface area contributed by atoms with Crippen LogP contribution in [0.2, 0.25) is 0 Å². The van der Waals surface area contributed by atoms with Crippen molar-refractivity contribution in [3.05, 3.63) is 76.0 Å². The summed E-state index contributed by atoms with van der Waals surface area (Å²) in [5.41, 5.74) is 4.17. The van der Waals surface area contributed by atoms with Gasteiger partial charge in [-0.3, -0.25) is 4.79 Å². The van der Waals surface area contributed by atoms with Crippen LogP contribution in [0.25, 0.3) is 11.1 Å². The Balaban J connectivity index is 1.79. The molecule has 1 heterocycles. The number of ether oxygens (including phenoxy) is 1. The molecule has 0 fully saturated rings. The number of thiophene rings is 1. The minimum atomic E-state index is -0.405. The van der Waals surface area contributed by atoms with Crippen molar-refractivity contribution in [1.82, 2.24) is 0 Å². The van der Waals surface area contributed by atoms with Crippen molar-refractivity contribution in [2.45, 2.75) is 6.92 Å². The van der Waals surface area contributed by atoms with Crippen LogP contribution in [0.15, 0.2) is 60.0 Å². The molecule has 0 aliphatic carbocycles. The van der Waals surface area contributed by atoms with Crippen LogP contribution in [0.4, 0.5) is 5.69 Å². The highest BCUT2D eigenvalue weighted by Gasteiger charge is 2.15. The molecular formula is C20H17NO3S. The van der Waals surface area contributed by atoms with Crippen molar-refractivity contribution in [2.75, 3.05) is 12.4 Å². The number of aryl methyl sites for hydroxylation is 1. The number of methoxy groups -OCH3 is 1. The summed E-state index contributed by atoms with van der Waals surface area (Å²) in [6.45, 7) is 2.03. The maximum Gasteiger partial charge on any atom is 0.337 e. The molecule has 0 aliphatic heterocycles. The van der Waals surface area contributed by atoms with Gasteiger partial charge in [0.05, 0.1) is 17.6 Å². The number of esters is 1. The molecule has 0 bridgehead atoms. The van der Waals surface area contributed by atoms with Gasteiger partial charge in [0.1, 0.15) is 0 Å². The maximum atomic E-state index is 12.6. The van der Waals surface area contributed by atoms with Crippen LogP contribution in [-0.4, -0.2) is 19.0 Å². The summed E-state index contributed by atoms with van der Waals surface area (Å²) < 4.78 is 4.66. The first kappa shape index (κ1) is 16.9. The summed E-state index contributed by atoms with van der Waals surface area (Å²) in [4.78, 5) is 24.7. The number of hydrogen-bond acceptors (Lipinski definition) is 4. The van der Waals surface area contributed by atoms with Crippen LogP contribution in [0, 0.1) is 6.92 Å². The molecule has 0 unspecified atom stereocenters. The largest absolute Gasteiger partial charge is 0.465 e. The standard InChI is InChI=1S/C20H17NO3S/c1-13-3-5-14(6-4-13)17-11-12-25-18(17)19(22)21-16-9-7-15(8-10-16)20(23)24-2/h3-12H,1-2H3,(H,21,22). The lowest BCUT2D eigenvalue weighted by molar-refractivity contribution is 0.0600. The molecule has 3 rings (SSSR count).